The van der Waals surface area contributed by atoms with E-state index < -0.39 is 6.04 Å². The molecule has 0 aliphatic carbocycles. The number of nitrogens with one attached hydrogen (secondary N) is 4. The lowest BCUT2D eigenvalue weighted by molar-refractivity contribution is -0.135. The smallest absolute Gasteiger partial charge is 0.318 e. The van der Waals surface area contributed by atoms with Crippen molar-refractivity contribution in [2.75, 3.05) is 52.1 Å². The molecule has 316 valence electrons. The van der Waals surface area contributed by atoms with Crippen LogP contribution in [0.1, 0.15) is 76.3 Å². The summed E-state index contributed by atoms with van der Waals surface area (Å²) in [4.78, 5) is 72.8. The second kappa shape index (κ2) is 27.8. The van der Waals surface area contributed by atoms with Crippen molar-refractivity contribution >= 4 is 58.2 Å². The molecule has 13 heteroatoms. The number of rotatable bonds is 17. The van der Waals surface area contributed by atoms with Crippen molar-refractivity contribution in [1.29, 1.82) is 0 Å². The lowest BCUT2D eigenvalue weighted by Crippen LogP contribution is -2.56. The number of piperidine rings is 2. The summed E-state index contributed by atoms with van der Waals surface area (Å²) in [5.41, 5.74) is 2.33. The molecule has 2 fully saturated rings. The Morgan fingerprint density at radius 2 is 1.57 bits per heavy atom. The normalized spacial score (nSPS) is 15.7. The number of nitrogens with zero attached hydrogens (tertiary/aromatic N) is 2. The minimum Gasteiger partial charge on any atom is -0.359 e. The van der Waals surface area contributed by atoms with Gasteiger partial charge in [0, 0.05) is 58.5 Å². The average molecular weight is 817 g/mol. The van der Waals surface area contributed by atoms with Gasteiger partial charge >= 0.3 is 6.03 Å². The molecule has 3 aromatic rings. The number of thioether (sulfide) groups is 1. The van der Waals surface area contributed by atoms with Gasteiger partial charge in [0.1, 0.15) is 12.3 Å². The number of likely N-dealkylation sites (tertiary alicyclic amines) is 2. The van der Waals surface area contributed by atoms with Crippen LogP contribution in [0.2, 0.25) is 0 Å². The Balaban J connectivity index is 0.000000654. The summed E-state index contributed by atoms with van der Waals surface area (Å²) < 4.78 is 0. The van der Waals surface area contributed by atoms with Crippen LogP contribution < -0.4 is 21.3 Å². The van der Waals surface area contributed by atoms with E-state index in [1.54, 1.807) is 4.90 Å². The fourth-order valence-corrected chi connectivity index (χ4v) is 7.47. The number of benzene rings is 3. The zero-order valence-corrected chi connectivity index (χ0v) is 35.4. The number of amides is 5. The van der Waals surface area contributed by atoms with Gasteiger partial charge in [0.15, 0.2) is 5.12 Å². The second-order valence-corrected chi connectivity index (χ2v) is 16.0. The molecular weight excluding hydrogens is 753 g/mol. The van der Waals surface area contributed by atoms with Gasteiger partial charge in [0.05, 0.1) is 5.75 Å². The molecule has 2 aliphatic rings. The Hall–Kier alpha value is -4.75. The van der Waals surface area contributed by atoms with E-state index in [1.807, 2.05) is 37.1 Å². The topological polar surface area (TPSA) is 157 Å². The van der Waals surface area contributed by atoms with E-state index in [1.165, 1.54) is 12.5 Å². The quantitative estimate of drug-likeness (QED) is 0.103. The van der Waals surface area contributed by atoms with Crippen molar-refractivity contribution < 1.29 is 28.8 Å². The van der Waals surface area contributed by atoms with Gasteiger partial charge < -0.3 is 35.9 Å². The third-order valence-electron chi connectivity index (χ3n) is 10.2. The highest BCUT2D eigenvalue weighted by atomic mass is 32.2. The van der Waals surface area contributed by atoms with Crippen LogP contribution in [0.25, 0.3) is 10.8 Å². The molecule has 3 aromatic carbocycles. The standard InChI is InChI=1S/C38H51N5O3.C4H6O2S.C3H7NO/c1-39-21-9-3-6-16-36(44)40-34-19-23-42(24-20-34)38(46)41-35(27-30-17-18-32-14-7-8-15-33(32)26-30)37(45)43-22-10-13-31(28-43)25-29-11-4-2-5-12-29;1-4(6)7-3-2-5;1-2-4-3-5/h2,4-5,7-8,11-12,14-15,17-18,26,31,34-35,39H,3,6,9-10,13,16,19-25,27-28H2,1H3,(H,40,44)(H,41,46);2H,3H2,1H3;3H,2H2,1H3,(H,4,5). The first-order valence-corrected chi connectivity index (χ1v) is 21.7. The fourth-order valence-electron chi connectivity index (χ4n) is 7.17. The summed E-state index contributed by atoms with van der Waals surface area (Å²) in [5, 5.41) is 14.2. The van der Waals surface area contributed by atoms with Crippen LogP contribution in [0.3, 0.4) is 0 Å². The van der Waals surface area contributed by atoms with Crippen LogP contribution >= 0.6 is 11.8 Å². The lowest BCUT2D eigenvalue weighted by Gasteiger charge is -2.37. The van der Waals surface area contributed by atoms with Gasteiger partial charge in [0.2, 0.25) is 18.2 Å². The third kappa shape index (κ3) is 18.2. The van der Waals surface area contributed by atoms with Crippen LogP contribution in [-0.4, -0.2) is 110 Å². The lowest BCUT2D eigenvalue weighted by atomic mass is 9.90. The average Bonchev–Trinajstić information content (AvgIpc) is 3.23. The number of hydrogen-bond acceptors (Lipinski definition) is 8. The first kappa shape index (κ1) is 47.6. The maximum atomic E-state index is 14.1. The summed E-state index contributed by atoms with van der Waals surface area (Å²) in [6.45, 7) is 7.54. The number of carbonyl (C=O) groups excluding carboxylic acids is 6. The SMILES string of the molecule is CC(=O)SCC=O.CCNC=O.CNCCCCCC(=O)NC1CCN(C(=O)NC(Cc2ccc3ccccc3c2)C(=O)N2CCCC(Cc3ccccc3)C2)CC1. The van der Waals surface area contributed by atoms with Crippen molar-refractivity contribution in [1.82, 2.24) is 31.1 Å². The minimum absolute atomic E-state index is 0.00358. The highest BCUT2D eigenvalue weighted by Crippen LogP contribution is 2.23. The number of carbonyl (C=O) groups is 6. The maximum Gasteiger partial charge on any atom is 0.318 e. The van der Waals surface area contributed by atoms with E-state index in [0.29, 0.717) is 51.1 Å². The van der Waals surface area contributed by atoms with E-state index in [0.717, 1.165) is 99.1 Å². The molecule has 2 heterocycles. The zero-order chi connectivity index (χ0) is 42.0. The van der Waals surface area contributed by atoms with Crippen LogP contribution in [-0.2, 0) is 36.8 Å². The molecule has 0 saturated carbocycles. The number of aldehydes is 1. The van der Waals surface area contributed by atoms with Crippen molar-refractivity contribution in [3.8, 4) is 0 Å². The summed E-state index contributed by atoms with van der Waals surface area (Å²) in [6.07, 6.45) is 9.85. The molecule has 0 aromatic heterocycles. The van der Waals surface area contributed by atoms with E-state index in [4.69, 9.17) is 0 Å². The van der Waals surface area contributed by atoms with E-state index >= 15 is 0 Å². The van der Waals surface area contributed by atoms with Gasteiger partial charge in [-0.25, -0.2) is 4.79 Å². The van der Waals surface area contributed by atoms with Crippen molar-refractivity contribution in [3.63, 3.8) is 0 Å². The molecule has 2 saturated heterocycles. The Kier molecular flexibility index (Phi) is 22.8. The third-order valence-corrected chi connectivity index (χ3v) is 10.9. The fraction of sp³-hybridized carbons (Fsp3) is 0.511. The summed E-state index contributed by atoms with van der Waals surface area (Å²) in [5.74, 6) is 0.784. The first-order valence-electron chi connectivity index (χ1n) is 20.7. The Morgan fingerprint density at radius 3 is 2.21 bits per heavy atom. The first-order chi connectivity index (χ1) is 28.2. The molecule has 4 N–H and O–H groups in total. The van der Waals surface area contributed by atoms with Gasteiger partial charge in [-0.15, -0.1) is 0 Å². The summed E-state index contributed by atoms with van der Waals surface area (Å²) in [7, 11) is 1.94. The van der Waals surface area contributed by atoms with Gasteiger partial charge in [0.25, 0.3) is 0 Å². The molecule has 0 bridgehead atoms. The molecular formula is C45H64N6O6S. The minimum atomic E-state index is -0.649. The predicted octanol–water partition coefficient (Wildman–Crippen LogP) is 5.52. The van der Waals surface area contributed by atoms with Gasteiger partial charge in [-0.2, -0.15) is 0 Å². The van der Waals surface area contributed by atoms with Crippen LogP contribution in [0.5, 0.6) is 0 Å². The zero-order valence-electron chi connectivity index (χ0n) is 34.6. The molecule has 0 spiro atoms. The summed E-state index contributed by atoms with van der Waals surface area (Å²) in [6, 6.07) is 24.2. The van der Waals surface area contributed by atoms with Crippen molar-refractivity contribution in [2.24, 2.45) is 5.92 Å². The van der Waals surface area contributed by atoms with E-state index in [-0.39, 0.29) is 34.8 Å². The van der Waals surface area contributed by atoms with Crippen molar-refractivity contribution in [2.45, 2.75) is 90.1 Å². The molecule has 0 radical (unpaired) electrons. The Bertz CT molecular complexity index is 1700. The van der Waals surface area contributed by atoms with Crippen LogP contribution in [0.15, 0.2) is 72.8 Å². The molecule has 12 nitrogen and oxygen atoms in total. The monoisotopic (exact) mass is 816 g/mol. The predicted molar refractivity (Wildman–Crippen MR) is 233 cm³/mol. The second-order valence-electron chi connectivity index (χ2n) is 14.8. The Labute approximate surface area is 349 Å². The van der Waals surface area contributed by atoms with Crippen LogP contribution in [0, 0.1) is 5.92 Å². The number of urea groups is 1. The molecule has 2 unspecified atom stereocenters. The van der Waals surface area contributed by atoms with Gasteiger partial charge in [-0.3, -0.25) is 19.2 Å². The van der Waals surface area contributed by atoms with Gasteiger partial charge in [-0.05, 0) is 93.3 Å². The highest BCUT2D eigenvalue weighted by molar-refractivity contribution is 8.14. The number of hydrogen-bond donors (Lipinski definition) is 4. The maximum absolute atomic E-state index is 14.1. The molecule has 5 rings (SSSR count). The molecule has 2 atom stereocenters. The molecule has 58 heavy (non-hydrogen) atoms. The highest BCUT2D eigenvalue weighted by Gasteiger charge is 2.32. The number of unbranched alkanes of at least 4 members (excludes halogenated alkanes) is 2. The van der Waals surface area contributed by atoms with Gasteiger partial charge in [-0.1, -0.05) is 91.0 Å². The van der Waals surface area contributed by atoms with E-state index in [2.05, 4.69) is 75.9 Å². The van der Waals surface area contributed by atoms with Crippen molar-refractivity contribution in [3.05, 3.63) is 83.9 Å². The van der Waals surface area contributed by atoms with Crippen LogP contribution in [0.4, 0.5) is 4.79 Å². The Morgan fingerprint density at radius 1 is 0.845 bits per heavy atom. The largest absolute Gasteiger partial charge is 0.359 e. The summed E-state index contributed by atoms with van der Waals surface area (Å²) >= 11 is 1.02. The molecule has 2 aliphatic heterocycles. The number of fused-ring (bicyclic) bond motifs is 1. The molecule has 5 amide bonds. The van der Waals surface area contributed by atoms with E-state index in [9.17, 15) is 28.8 Å².